The number of hydrogen-bond donors (Lipinski definition) is 3. The molecule has 0 aliphatic heterocycles. The van der Waals surface area contributed by atoms with Gasteiger partial charge >= 0.3 is 6.03 Å². The molecule has 0 radical (unpaired) electrons. The fourth-order valence-corrected chi connectivity index (χ4v) is 1.86. The molecular weight excluding hydrogens is 278 g/mol. The number of amides is 3. The van der Waals surface area contributed by atoms with Gasteiger partial charge in [0.05, 0.1) is 0 Å². The first-order valence-electron chi connectivity index (χ1n) is 7.08. The van der Waals surface area contributed by atoms with Crippen LogP contribution in [0.3, 0.4) is 0 Å². The molecule has 22 heavy (non-hydrogen) atoms. The van der Waals surface area contributed by atoms with Gasteiger partial charge in [-0.15, -0.1) is 0 Å². The van der Waals surface area contributed by atoms with Crippen LogP contribution in [0.4, 0.5) is 16.2 Å². The van der Waals surface area contributed by atoms with Crippen LogP contribution in [0.25, 0.3) is 0 Å². The highest BCUT2D eigenvalue weighted by Crippen LogP contribution is 2.12. The lowest BCUT2D eigenvalue weighted by Crippen LogP contribution is -2.34. The van der Waals surface area contributed by atoms with Crippen LogP contribution >= 0.6 is 0 Å². The van der Waals surface area contributed by atoms with Crippen molar-refractivity contribution in [2.75, 3.05) is 10.6 Å². The molecule has 0 atom stereocenters. The van der Waals surface area contributed by atoms with Gasteiger partial charge in [-0.25, -0.2) is 4.79 Å². The summed E-state index contributed by atoms with van der Waals surface area (Å²) in [5, 5.41) is 8.25. The minimum absolute atomic E-state index is 0.0657. The molecule has 0 unspecified atom stereocenters. The molecule has 2 aromatic rings. The van der Waals surface area contributed by atoms with Crippen molar-refractivity contribution in [3.8, 4) is 0 Å². The van der Waals surface area contributed by atoms with Crippen LogP contribution in [0.5, 0.6) is 0 Å². The minimum atomic E-state index is -0.267. The van der Waals surface area contributed by atoms with E-state index >= 15 is 0 Å². The molecule has 0 fully saturated rings. The molecule has 0 aromatic heterocycles. The van der Waals surface area contributed by atoms with Gasteiger partial charge in [0, 0.05) is 23.0 Å². The van der Waals surface area contributed by atoms with Crippen molar-refractivity contribution in [1.82, 2.24) is 5.32 Å². The first-order valence-corrected chi connectivity index (χ1v) is 7.08. The van der Waals surface area contributed by atoms with E-state index in [1.54, 1.807) is 24.3 Å². The highest BCUT2D eigenvalue weighted by molar-refractivity contribution is 6.04. The molecule has 3 amide bonds. The molecule has 0 heterocycles. The molecule has 0 saturated heterocycles. The van der Waals surface area contributed by atoms with E-state index in [0.29, 0.717) is 11.3 Å². The van der Waals surface area contributed by atoms with Crippen LogP contribution in [0.2, 0.25) is 0 Å². The van der Waals surface area contributed by atoms with E-state index in [-0.39, 0.29) is 18.0 Å². The zero-order chi connectivity index (χ0) is 15.9. The van der Waals surface area contributed by atoms with E-state index in [2.05, 4.69) is 16.0 Å². The van der Waals surface area contributed by atoms with Crippen molar-refractivity contribution in [2.24, 2.45) is 0 Å². The van der Waals surface area contributed by atoms with E-state index < -0.39 is 0 Å². The normalized spacial score (nSPS) is 10.1. The van der Waals surface area contributed by atoms with Gasteiger partial charge in [-0.1, -0.05) is 18.2 Å². The monoisotopic (exact) mass is 297 g/mol. The maximum atomic E-state index is 12.1. The Balaban J connectivity index is 1.96. The Labute approximate surface area is 129 Å². The number of nitrogens with one attached hydrogen (secondary N) is 3. The number of carbonyl (C=O) groups excluding carboxylic acids is 2. The van der Waals surface area contributed by atoms with Crippen molar-refractivity contribution in [1.29, 1.82) is 0 Å². The fraction of sp³-hybridized carbons (Fsp3) is 0.176. The smallest absolute Gasteiger partial charge is 0.319 e. The summed E-state index contributed by atoms with van der Waals surface area (Å²) in [7, 11) is 0. The number of rotatable bonds is 4. The second-order valence-electron chi connectivity index (χ2n) is 5.15. The summed E-state index contributed by atoms with van der Waals surface area (Å²) in [5.41, 5.74) is 1.90. The topological polar surface area (TPSA) is 70.2 Å². The van der Waals surface area contributed by atoms with Gasteiger partial charge in [0.2, 0.25) is 0 Å². The van der Waals surface area contributed by atoms with Gasteiger partial charge in [-0.2, -0.15) is 0 Å². The number of benzene rings is 2. The largest absolute Gasteiger partial charge is 0.336 e. The fourth-order valence-electron chi connectivity index (χ4n) is 1.86. The van der Waals surface area contributed by atoms with E-state index in [1.807, 2.05) is 44.2 Å². The van der Waals surface area contributed by atoms with E-state index in [0.717, 1.165) is 5.69 Å². The minimum Gasteiger partial charge on any atom is -0.336 e. The quantitative estimate of drug-likeness (QED) is 0.808. The Bertz CT molecular complexity index is 637. The zero-order valence-corrected chi connectivity index (χ0v) is 12.6. The van der Waals surface area contributed by atoms with Crippen LogP contribution in [0.1, 0.15) is 24.2 Å². The Hall–Kier alpha value is -2.82. The summed E-state index contributed by atoms with van der Waals surface area (Å²) in [6.07, 6.45) is 0. The Morgan fingerprint density at radius 1 is 0.818 bits per heavy atom. The molecule has 3 N–H and O–H groups in total. The predicted molar refractivity (Wildman–Crippen MR) is 88.1 cm³/mol. The van der Waals surface area contributed by atoms with E-state index in [1.165, 1.54) is 0 Å². The van der Waals surface area contributed by atoms with Gasteiger partial charge in [0.1, 0.15) is 0 Å². The molecular formula is C17H19N3O2. The molecule has 2 aromatic carbocycles. The third kappa shape index (κ3) is 4.63. The highest BCUT2D eigenvalue weighted by atomic mass is 16.2. The maximum absolute atomic E-state index is 12.1. The number of para-hydroxylation sites is 1. The first kappa shape index (κ1) is 15.6. The summed E-state index contributed by atoms with van der Waals surface area (Å²) < 4.78 is 0. The average Bonchev–Trinajstić information content (AvgIpc) is 2.48. The average molecular weight is 297 g/mol. The second kappa shape index (κ2) is 7.26. The number of anilines is 2. The van der Waals surface area contributed by atoms with Gasteiger partial charge < -0.3 is 16.0 Å². The van der Waals surface area contributed by atoms with Gasteiger partial charge in [-0.05, 0) is 50.2 Å². The van der Waals surface area contributed by atoms with Crippen LogP contribution in [0, 0.1) is 0 Å². The Morgan fingerprint density at radius 2 is 1.41 bits per heavy atom. The number of carbonyl (C=O) groups is 2. The third-order valence-electron chi connectivity index (χ3n) is 2.86. The van der Waals surface area contributed by atoms with Crippen molar-refractivity contribution in [2.45, 2.75) is 19.9 Å². The summed E-state index contributed by atoms with van der Waals surface area (Å²) in [5.74, 6) is -0.190. The van der Waals surface area contributed by atoms with Crippen molar-refractivity contribution in [3.05, 3.63) is 60.2 Å². The SMILES string of the molecule is CC(C)NC(=O)Nc1ccc(C(=O)Nc2ccccc2)cc1. The predicted octanol–water partition coefficient (Wildman–Crippen LogP) is 3.47. The summed E-state index contributed by atoms with van der Waals surface area (Å²) >= 11 is 0. The second-order valence-corrected chi connectivity index (χ2v) is 5.15. The molecule has 0 aliphatic rings. The summed E-state index contributed by atoms with van der Waals surface area (Å²) in [6, 6.07) is 15.8. The lowest BCUT2D eigenvalue weighted by Gasteiger charge is -2.10. The molecule has 0 saturated carbocycles. The molecule has 0 bridgehead atoms. The Kier molecular flexibility index (Phi) is 5.14. The van der Waals surface area contributed by atoms with Gasteiger partial charge in [0.25, 0.3) is 5.91 Å². The third-order valence-corrected chi connectivity index (χ3v) is 2.86. The molecule has 114 valence electrons. The van der Waals surface area contributed by atoms with Crippen LogP contribution < -0.4 is 16.0 Å². The molecule has 5 heteroatoms. The zero-order valence-electron chi connectivity index (χ0n) is 12.6. The molecule has 0 spiro atoms. The van der Waals surface area contributed by atoms with Crippen molar-refractivity contribution < 1.29 is 9.59 Å². The lowest BCUT2D eigenvalue weighted by atomic mass is 10.2. The van der Waals surface area contributed by atoms with Crippen LogP contribution in [-0.4, -0.2) is 18.0 Å². The maximum Gasteiger partial charge on any atom is 0.319 e. The highest BCUT2D eigenvalue weighted by Gasteiger charge is 2.07. The van der Waals surface area contributed by atoms with E-state index in [4.69, 9.17) is 0 Å². The van der Waals surface area contributed by atoms with Crippen molar-refractivity contribution >= 4 is 23.3 Å². The van der Waals surface area contributed by atoms with E-state index in [9.17, 15) is 9.59 Å². The molecule has 0 aliphatic carbocycles. The standard InChI is InChI=1S/C17H19N3O2/c1-12(2)18-17(22)20-15-10-8-13(9-11-15)16(21)19-14-6-4-3-5-7-14/h3-12H,1-2H3,(H,19,21)(H2,18,20,22). The lowest BCUT2D eigenvalue weighted by molar-refractivity contribution is 0.102. The van der Waals surface area contributed by atoms with Gasteiger partial charge in [0.15, 0.2) is 0 Å². The number of urea groups is 1. The number of hydrogen-bond acceptors (Lipinski definition) is 2. The molecule has 5 nitrogen and oxygen atoms in total. The Morgan fingerprint density at radius 3 is 2.00 bits per heavy atom. The van der Waals surface area contributed by atoms with Crippen molar-refractivity contribution in [3.63, 3.8) is 0 Å². The van der Waals surface area contributed by atoms with Gasteiger partial charge in [-0.3, -0.25) is 4.79 Å². The molecule has 2 rings (SSSR count). The summed E-state index contributed by atoms with van der Waals surface area (Å²) in [6.45, 7) is 3.77. The van der Waals surface area contributed by atoms with Crippen LogP contribution in [-0.2, 0) is 0 Å². The first-order chi connectivity index (χ1) is 10.5. The van der Waals surface area contributed by atoms with Crippen LogP contribution in [0.15, 0.2) is 54.6 Å². The summed E-state index contributed by atoms with van der Waals surface area (Å²) in [4.78, 5) is 23.7.